The molecule has 0 aliphatic rings. The lowest BCUT2D eigenvalue weighted by molar-refractivity contribution is -0.670. The topological polar surface area (TPSA) is 21.2 Å². The lowest BCUT2D eigenvalue weighted by Crippen LogP contribution is -2.23. The molecule has 10 heavy (non-hydrogen) atoms. The predicted molar refractivity (Wildman–Crippen MR) is 36.4 cm³/mol. The Hall–Kier alpha value is -1.38. The first kappa shape index (κ1) is 5.41. The maximum atomic E-state index is 4.14. The van der Waals surface area contributed by atoms with Gasteiger partial charge in [-0.15, -0.1) is 0 Å². The van der Waals surface area contributed by atoms with Crippen LogP contribution in [0.2, 0.25) is 0 Å². The fourth-order valence-corrected chi connectivity index (χ4v) is 1.00. The maximum Gasteiger partial charge on any atom is 0.265 e. The largest absolute Gasteiger partial charge is 0.265 e. The van der Waals surface area contributed by atoms with Gasteiger partial charge in [0.25, 0.3) is 5.65 Å². The highest BCUT2D eigenvalue weighted by Gasteiger charge is 2.00. The van der Waals surface area contributed by atoms with Gasteiger partial charge < -0.3 is 0 Å². The summed E-state index contributed by atoms with van der Waals surface area (Å²) in [5, 5.41) is 0. The lowest BCUT2D eigenvalue weighted by Gasteiger charge is -1.78. The van der Waals surface area contributed by atoms with E-state index in [9.17, 15) is 0 Å². The van der Waals surface area contributed by atoms with E-state index in [1.165, 1.54) is 0 Å². The highest BCUT2D eigenvalue weighted by atomic mass is 15.1. The molecule has 0 radical (unpaired) electrons. The van der Waals surface area contributed by atoms with Crippen LogP contribution in [0.25, 0.3) is 5.65 Å². The highest BCUT2D eigenvalue weighted by Crippen LogP contribution is 1.91. The molecule has 50 valence electrons. The average molecular weight is 134 g/mol. The predicted octanol–water partition coefficient (Wildman–Crippen LogP) is 0.159. The van der Waals surface area contributed by atoms with Crippen molar-refractivity contribution in [3.05, 3.63) is 31.0 Å². The number of rotatable bonds is 0. The number of imidazole rings is 1. The fourth-order valence-electron chi connectivity index (χ4n) is 1.00. The first-order valence-corrected chi connectivity index (χ1v) is 3.14. The van der Waals surface area contributed by atoms with Crippen LogP contribution in [0.4, 0.5) is 0 Å². The zero-order valence-electron chi connectivity index (χ0n) is 5.73. The van der Waals surface area contributed by atoms with E-state index < -0.39 is 0 Å². The van der Waals surface area contributed by atoms with Crippen LogP contribution in [0.15, 0.2) is 31.0 Å². The summed E-state index contributed by atoms with van der Waals surface area (Å²) in [7, 11) is 1.98. The molecule has 3 heteroatoms. The van der Waals surface area contributed by atoms with Crippen LogP contribution in [-0.4, -0.2) is 9.38 Å². The Kier molecular flexibility index (Phi) is 0.974. The van der Waals surface area contributed by atoms with Gasteiger partial charge in [0.05, 0.1) is 13.2 Å². The van der Waals surface area contributed by atoms with Gasteiger partial charge in [0.15, 0.2) is 6.20 Å². The Labute approximate surface area is 58.6 Å². The van der Waals surface area contributed by atoms with E-state index >= 15 is 0 Å². The van der Waals surface area contributed by atoms with Crippen LogP contribution in [0.5, 0.6) is 0 Å². The highest BCUT2D eigenvalue weighted by molar-refractivity contribution is 5.30. The van der Waals surface area contributed by atoms with E-state index in [0.717, 1.165) is 5.65 Å². The molecule has 0 unspecified atom stereocenters. The summed E-state index contributed by atoms with van der Waals surface area (Å²) in [6.45, 7) is 0. The molecule has 2 aromatic rings. The molecule has 0 aliphatic carbocycles. The number of nitrogens with zero attached hydrogens (tertiary/aromatic N) is 3. The summed E-state index contributed by atoms with van der Waals surface area (Å²) in [5.74, 6) is 0. The molecule has 2 aromatic heterocycles. The Bertz CT molecular complexity index is 317. The molecule has 0 atom stereocenters. The Balaban J connectivity index is 2.88. The van der Waals surface area contributed by atoms with Gasteiger partial charge in [-0.1, -0.05) is 0 Å². The van der Waals surface area contributed by atoms with Crippen molar-refractivity contribution >= 4 is 5.65 Å². The zero-order chi connectivity index (χ0) is 6.97. The van der Waals surface area contributed by atoms with E-state index in [1.54, 1.807) is 6.20 Å². The molecule has 2 rings (SSSR count). The molecular weight excluding hydrogens is 126 g/mol. The van der Waals surface area contributed by atoms with Crippen molar-refractivity contribution in [2.24, 2.45) is 7.05 Å². The van der Waals surface area contributed by atoms with Crippen molar-refractivity contribution in [1.82, 2.24) is 9.38 Å². The van der Waals surface area contributed by atoms with Crippen molar-refractivity contribution in [1.29, 1.82) is 0 Å². The number of hydrogen-bond acceptors (Lipinski definition) is 1. The molecular formula is C7H8N3+. The van der Waals surface area contributed by atoms with Gasteiger partial charge in [-0.05, 0) is 6.07 Å². The first-order chi connectivity index (χ1) is 4.86. The molecule has 0 spiro atoms. The van der Waals surface area contributed by atoms with Gasteiger partial charge in [-0.3, -0.25) is 0 Å². The third kappa shape index (κ3) is 0.673. The third-order valence-electron chi connectivity index (χ3n) is 1.43. The van der Waals surface area contributed by atoms with Crippen LogP contribution >= 0.6 is 0 Å². The molecule has 2 heterocycles. The van der Waals surface area contributed by atoms with Crippen molar-refractivity contribution in [2.45, 2.75) is 0 Å². The van der Waals surface area contributed by atoms with Crippen LogP contribution < -0.4 is 4.57 Å². The van der Waals surface area contributed by atoms with Gasteiger partial charge >= 0.3 is 0 Å². The standard InChI is InChI=1S/C7H8N3/c1-9-5-7-8-3-2-4-10(7)6-9/h2-6H,1H3/q+1. The molecule has 0 bridgehead atoms. The van der Waals surface area contributed by atoms with E-state index in [-0.39, 0.29) is 0 Å². The second-order valence-corrected chi connectivity index (χ2v) is 2.30. The van der Waals surface area contributed by atoms with E-state index in [4.69, 9.17) is 0 Å². The summed E-state index contributed by atoms with van der Waals surface area (Å²) in [6, 6.07) is 1.91. The van der Waals surface area contributed by atoms with Crippen LogP contribution in [0.3, 0.4) is 0 Å². The average Bonchev–Trinajstić information content (AvgIpc) is 2.27. The second kappa shape index (κ2) is 1.80. The molecule has 0 fully saturated rings. The summed E-state index contributed by atoms with van der Waals surface area (Å²) in [6.07, 6.45) is 7.71. The maximum absolute atomic E-state index is 4.14. The van der Waals surface area contributed by atoms with Crippen LogP contribution in [0.1, 0.15) is 0 Å². The van der Waals surface area contributed by atoms with Crippen molar-refractivity contribution in [3.8, 4) is 0 Å². The minimum absolute atomic E-state index is 0.977. The Morgan fingerprint density at radius 3 is 3.30 bits per heavy atom. The van der Waals surface area contributed by atoms with Gasteiger partial charge in [0.1, 0.15) is 0 Å². The smallest absolute Gasteiger partial charge is 0.237 e. The van der Waals surface area contributed by atoms with E-state index in [2.05, 4.69) is 4.98 Å². The van der Waals surface area contributed by atoms with Crippen LogP contribution in [0, 0.1) is 0 Å². The fraction of sp³-hybridized carbons (Fsp3) is 0.143. The number of fused-ring (bicyclic) bond motifs is 1. The van der Waals surface area contributed by atoms with Gasteiger partial charge in [-0.25, -0.2) is 9.55 Å². The number of aryl methyl sites for hydroxylation is 1. The van der Waals surface area contributed by atoms with Crippen molar-refractivity contribution in [3.63, 3.8) is 0 Å². The lowest BCUT2D eigenvalue weighted by atomic mass is 10.6. The molecule has 3 nitrogen and oxygen atoms in total. The van der Waals surface area contributed by atoms with Gasteiger partial charge in [0.2, 0.25) is 6.33 Å². The minimum Gasteiger partial charge on any atom is -0.237 e. The van der Waals surface area contributed by atoms with Crippen LogP contribution in [-0.2, 0) is 7.05 Å². The number of hydrogen-bond donors (Lipinski definition) is 0. The van der Waals surface area contributed by atoms with E-state index in [1.807, 2.05) is 40.8 Å². The monoisotopic (exact) mass is 134 g/mol. The summed E-state index contributed by atoms with van der Waals surface area (Å²) < 4.78 is 3.95. The molecule has 0 aliphatic heterocycles. The molecule has 0 amide bonds. The Morgan fingerprint density at radius 1 is 1.60 bits per heavy atom. The first-order valence-electron chi connectivity index (χ1n) is 3.14. The number of aromatic nitrogens is 3. The summed E-state index contributed by atoms with van der Waals surface area (Å²) in [5.41, 5.74) is 0.977. The third-order valence-corrected chi connectivity index (χ3v) is 1.43. The molecule has 0 saturated carbocycles. The SMILES string of the molecule is C[n+]1cc2ncccn2c1. The second-order valence-electron chi connectivity index (χ2n) is 2.30. The Morgan fingerprint density at radius 2 is 2.50 bits per heavy atom. The zero-order valence-corrected chi connectivity index (χ0v) is 5.73. The molecule has 0 N–H and O–H groups in total. The van der Waals surface area contributed by atoms with Gasteiger partial charge in [0, 0.05) is 6.20 Å². The summed E-state index contributed by atoms with van der Waals surface area (Å²) >= 11 is 0. The summed E-state index contributed by atoms with van der Waals surface area (Å²) in [4.78, 5) is 4.14. The van der Waals surface area contributed by atoms with Crippen molar-refractivity contribution in [2.75, 3.05) is 0 Å². The van der Waals surface area contributed by atoms with E-state index in [0.29, 0.717) is 0 Å². The molecule has 0 saturated heterocycles. The minimum atomic E-state index is 0.977. The normalized spacial score (nSPS) is 10.5. The quantitative estimate of drug-likeness (QED) is 0.470. The van der Waals surface area contributed by atoms with Crippen molar-refractivity contribution < 1.29 is 4.57 Å². The van der Waals surface area contributed by atoms with Gasteiger partial charge in [-0.2, -0.15) is 4.40 Å². The molecule has 0 aromatic carbocycles.